The number of pyridine rings is 1. The number of hydrogen-bond acceptors (Lipinski definition) is 7. The number of carbonyl (C=O) groups is 1. The van der Waals surface area contributed by atoms with Gasteiger partial charge in [0.1, 0.15) is 5.82 Å². The largest absolute Gasteiger partial charge is 0.379 e. The molecule has 0 spiro atoms. The highest BCUT2D eigenvalue weighted by atomic mass is 16.1. The Hall–Kier alpha value is -2.74. The molecule has 2 aromatic rings. The molecule has 25 heavy (non-hydrogen) atoms. The molecule has 0 bridgehead atoms. The van der Waals surface area contributed by atoms with Gasteiger partial charge in [-0.1, -0.05) is 12.8 Å². The van der Waals surface area contributed by atoms with E-state index in [1.54, 1.807) is 24.7 Å². The Morgan fingerprint density at radius 1 is 1.24 bits per heavy atom. The molecular weight excluding hydrogens is 318 g/mol. The van der Waals surface area contributed by atoms with Crippen molar-refractivity contribution in [3.8, 4) is 0 Å². The van der Waals surface area contributed by atoms with Gasteiger partial charge < -0.3 is 22.1 Å². The van der Waals surface area contributed by atoms with E-state index < -0.39 is 5.91 Å². The van der Waals surface area contributed by atoms with Crippen LogP contribution in [0.1, 0.15) is 41.9 Å². The normalized spacial score (nSPS) is 20.1. The Kier molecular flexibility index (Phi) is 5.08. The molecular formula is C17H23N7O. The predicted octanol–water partition coefficient (Wildman–Crippen LogP) is 1.70. The Morgan fingerprint density at radius 2 is 2.04 bits per heavy atom. The van der Waals surface area contributed by atoms with Crippen molar-refractivity contribution in [1.29, 1.82) is 0 Å². The summed E-state index contributed by atoms with van der Waals surface area (Å²) in [6.07, 6.45) is 9.18. The summed E-state index contributed by atoms with van der Waals surface area (Å²) in [5.74, 6) is -0.0835. The second-order valence-corrected chi connectivity index (χ2v) is 6.35. The first-order valence-electron chi connectivity index (χ1n) is 8.40. The molecule has 0 aromatic carbocycles. The Bertz CT molecular complexity index is 764. The highest BCUT2D eigenvalue weighted by Gasteiger charge is 2.22. The zero-order valence-electron chi connectivity index (χ0n) is 14.2. The van der Waals surface area contributed by atoms with Gasteiger partial charge in [0.25, 0.3) is 5.91 Å². The minimum Gasteiger partial charge on any atom is -0.379 e. The van der Waals surface area contributed by atoms with Crippen LogP contribution in [0.4, 0.5) is 17.2 Å². The third kappa shape index (κ3) is 4.21. The van der Waals surface area contributed by atoms with Crippen molar-refractivity contribution < 1.29 is 4.79 Å². The zero-order chi connectivity index (χ0) is 17.8. The third-order valence-electron chi connectivity index (χ3n) is 4.31. The molecule has 1 saturated carbocycles. The van der Waals surface area contributed by atoms with E-state index in [0.29, 0.717) is 11.5 Å². The van der Waals surface area contributed by atoms with E-state index in [-0.39, 0.29) is 17.8 Å². The average molecular weight is 341 g/mol. The lowest BCUT2D eigenvalue weighted by atomic mass is 9.91. The van der Waals surface area contributed by atoms with Crippen LogP contribution < -0.4 is 22.1 Å². The summed E-state index contributed by atoms with van der Waals surface area (Å²) in [6.45, 7) is 1.84. The molecule has 8 nitrogen and oxygen atoms in total. The lowest BCUT2D eigenvalue weighted by molar-refractivity contribution is 0.0996. The number of hydrogen-bond donors (Lipinski definition) is 4. The number of carbonyl (C=O) groups excluding carboxylic acids is 1. The van der Waals surface area contributed by atoms with Gasteiger partial charge in [0, 0.05) is 18.3 Å². The molecule has 1 aliphatic carbocycles. The predicted molar refractivity (Wildman–Crippen MR) is 96.7 cm³/mol. The number of aromatic nitrogens is 3. The number of amides is 1. The molecule has 2 aromatic heterocycles. The van der Waals surface area contributed by atoms with Gasteiger partial charge in [0.05, 0.1) is 29.5 Å². The van der Waals surface area contributed by atoms with Gasteiger partial charge in [-0.3, -0.25) is 9.78 Å². The van der Waals surface area contributed by atoms with Crippen LogP contribution in [0, 0.1) is 6.92 Å². The second kappa shape index (κ2) is 7.43. The van der Waals surface area contributed by atoms with Crippen molar-refractivity contribution in [3.05, 3.63) is 36.0 Å². The fourth-order valence-electron chi connectivity index (χ4n) is 3.05. The van der Waals surface area contributed by atoms with Crippen LogP contribution in [0.3, 0.4) is 0 Å². The Labute approximate surface area is 146 Å². The van der Waals surface area contributed by atoms with Crippen LogP contribution in [0.2, 0.25) is 0 Å². The van der Waals surface area contributed by atoms with Crippen LogP contribution >= 0.6 is 0 Å². The molecule has 6 N–H and O–H groups in total. The second-order valence-electron chi connectivity index (χ2n) is 6.35. The van der Waals surface area contributed by atoms with Gasteiger partial charge in [-0.15, -0.1) is 0 Å². The van der Waals surface area contributed by atoms with E-state index in [1.807, 2.05) is 6.92 Å². The topological polar surface area (TPSA) is 132 Å². The van der Waals surface area contributed by atoms with Crippen molar-refractivity contribution in [3.63, 3.8) is 0 Å². The molecule has 0 saturated heterocycles. The number of aryl methyl sites for hydroxylation is 1. The monoisotopic (exact) mass is 341 g/mol. The van der Waals surface area contributed by atoms with Crippen molar-refractivity contribution >= 4 is 23.1 Å². The van der Waals surface area contributed by atoms with E-state index in [9.17, 15) is 4.79 Å². The lowest BCUT2D eigenvalue weighted by Gasteiger charge is -2.30. The van der Waals surface area contributed by atoms with Gasteiger partial charge in [0.2, 0.25) is 0 Å². The summed E-state index contributed by atoms with van der Waals surface area (Å²) in [4.78, 5) is 24.3. The maximum Gasteiger partial charge on any atom is 0.269 e. The molecule has 1 aliphatic rings. The first kappa shape index (κ1) is 17.1. The van der Waals surface area contributed by atoms with E-state index in [0.717, 1.165) is 37.1 Å². The SMILES string of the molecule is Cc1cncc(Nc2cc(N[C@@H]3CCCC[C@@H]3N)cnc2C(N)=O)n1. The van der Waals surface area contributed by atoms with Crippen LogP contribution in [0.5, 0.6) is 0 Å². The minimum absolute atomic E-state index is 0.114. The summed E-state index contributed by atoms with van der Waals surface area (Å²) in [7, 11) is 0. The van der Waals surface area contributed by atoms with Gasteiger partial charge in [-0.25, -0.2) is 9.97 Å². The van der Waals surface area contributed by atoms with Crippen LogP contribution in [-0.2, 0) is 0 Å². The highest BCUT2D eigenvalue weighted by Crippen LogP contribution is 2.25. The summed E-state index contributed by atoms with van der Waals surface area (Å²) in [5, 5.41) is 6.49. The third-order valence-corrected chi connectivity index (χ3v) is 4.31. The van der Waals surface area contributed by atoms with Crippen molar-refractivity contribution in [2.24, 2.45) is 11.5 Å². The zero-order valence-corrected chi connectivity index (χ0v) is 14.2. The highest BCUT2D eigenvalue weighted by molar-refractivity contribution is 5.97. The lowest BCUT2D eigenvalue weighted by Crippen LogP contribution is -2.42. The number of primary amides is 1. The minimum atomic E-state index is -0.607. The Morgan fingerprint density at radius 3 is 2.76 bits per heavy atom. The molecule has 2 heterocycles. The maximum absolute atomic E-state index is 11.7. The summed E-state index contributed by atoms with van der Waals surface area (Å²) in [6, 6.07) is 2.11. The van der Waals surface area contributed by atoms with E-state index in [1.165, 1.54) is 0 Å². The fourth-order valence-corrected chi connectivity index (χ4v) is 3.05. The number of rotatable bonds is 5. The average Bonchev–Trinajstić information content (AvgIpc) is 2.57. The van der Waals surface area contributed by atoms with E-state index >= 15 is 0 Å². The quantitative estimate of drug-likeness (QED) is 0.650. The van der Waals surface area contributed by atoms with Gasteiger partial charge >= 0.3 is 0 Å². The van der Waals surface area contributed by atoms with Gasteiger partial charge in [-0.05, 0) is 25.8 Å². The number of nitrogens with one attached hydrogen (secondary N) is 2. The summed E-state index contributed by atoms with van der Waals surface area (Å²) in [5.41, 5.74) is 13.8. The number of nitrogens with two attached hydrogens (primary N) is 2. The number of nitrogens with zero attached hydrogens (tertiary/aromatic N) is 3. The smallest absolute Gasteiger partial charge is 0.269 e. The molecule has 1 amide bonds. The molecule has 0 unspecified atom stereocenters. The van der Waals surface area contributed by atoms with Crippen molar-refractivity contribution in [2.45, 2.75) is 44.7 Å². The standard InChI is InChI=1S/C17H23N7O/c1-10-7-20-9-15(22-10)24-14-6-11(8-21-16(14)17(19)25)23-13-5-3-2-4-12(13)18/h6-9,12-13,23H,2-5,18H2,1H3,(H2,19,25)(H,22,24)/t12-,13+/m0/s1. The summed E-state index contributed by atoms with van der Waals surface area (Å²) >= 11 is 0. The van der Waals surface area contributed by atoms with E-state index in [2.05, 4.69) is 25.6 Å². The first-order valence-corrected chi connectivity index (χ1v) is 8.40. The van der Waals surface area contributed by atoms with Crippen LogP contribution in [0.25, 0.3) is 0 Å². The molecule has 2 atom stereocenters. The van der Waals surface area contributed by atoms with Crippen LogP contribution in [-0.4, -0.2) is 32.9 Å². The van der Waals surface area contributed by atoms with E-state index in [4.69, 9.17) is 11.5 Å². The van der Waals surface area contributed by atoms with Gasteiger partial charge in [0.15, 0.2) is 5.69 Å². The molecule has 1 fully saturated rings. The molecule has 132 valence electrons. The number of anilines is 3. The Balaban J connectivity index is 1.85. The molecule has 0 aliphatic heterocycles. The van der Waals surface area contributed by atoms with Crippen molar-refractivity contribution in [2.75, 3.05) is 10.6 Å². The van der Waals surface area contributed by atoms with Gasteiger partial charge in [-0.2, -0.15) is 0 Å². The summed E-state index contributed by atoms with van der Waals surface area (Å²) < 4.78 is 0. The first-order chi connectivity index (χ1) is 12.0. The maximum atomic E-state index is 11.7. The van der Waals surface area contributed by atoms with Crippen molar-refractivity contribution in [1.82, 2.24) is 15.0 Å². The molecule has 8 heteroatoms. The molecule has 0 radical (unpaired) electrons. The molecule has 3 rings (SSSR count). The van der Waals surface area contributed by atoms with Crippen LogP contribution in [0.15, 0.2) is 24.7 Å². The fraction of sp³-hybridized carbons (Fsp3) is 0.412.